The van der Waals surface area contributed by atoms with E-state index in [0.29, 0.717) is 19.0 Å². The molecule has 4 heterocycles. The number of β-amino-alcohol motifs (C(OH)–C–C–N with tert-alkyl or cyclic N) is 1. The van der Waals surface area contributed by atoms with Crippen LogP contribution in [0.5, 0.6) is 5.75 Å². The molecular weight excluding hydrogens is 394 g/mol. The number of carbonyl (C=O) groups is 1. The second kappa shape index (κ2) is 9.02. The van der Waals surface area contributed by atoms with Crippen molar-refractivity contribution in [3.05, 3.63) is 47.9 Å². The Morgan fingerprint density at radius 1 is 1.13 bits per heavy atom. The molecule has 0 unspecified atom stereocenters. The predicted octanol–water partition coefficient (Wildman–Crippen LogP) is 2.64. The highest BCUT2D eigenvalue weighted by Gasteiger charge is 2.34. The topological polar surface area (TPSA) is 78.2 Å². The Morgan fingerprint density at radius 2 is 2.00 bits per heavy atom. The first-order chi connectivity index (χ1) is 15.1. The maximum absolute atomic E-state index is 11.5. The highest BCUT2D eigenvalue weighted by molar-refractivity contribution is 5.93. The number of fused-ring (bicyclic) bond motifs is 1. The largest absolute Gasteiger partial charge is 0.488 e. The van der Waals surface area contributed by atoms with Crippen LogP contribution in [0.2, 0.25) is 0 Å². The van der Waals surface area contributed by atoms with Crippen LogP contribution in [0.3, 0.4) is 0 Å². The first kappa shape index (κ1) is 20.5. The molecule has 2 saturated heterocycles. The van der Waals surface area contributed by atoms with Crippen molar-refractivity contribution in [2.75, 3.05) is 31.5 Å². The smallest absolute Gasteiger partial charge is 0.224 e. The number of likely N-dealkylation sites (tertiary alicyclic amines) is 2. The number of hydrogen-bond donors (Lipinski definition) is 2. The van der Waals surface area contributed by atoms with Crippen LogP contribution in [0.1, 0.15) is 37.0 Å². The first-order valence-electron chi connectivity index (χ1n) is 11.4. The van der Waals surface area contributed by atoms with E-state index >= 15 is 0 Å². The molecule has 7 nitrogen and oxygen atoms in total. The summed E-state index contributed by atoms with van der Waals surface area (Å²) in [6.07, 6.45) is 5.36. The van der Waals surface area contributed by atoms with Gasteiger partial charge in [-0.25, -0.2) is 0 Å². The van der Waals surface area contributed by atoms with Crippen LogP contribution in [0.15, 0.2) is 41.0 Å². The number of piperidine rings is 2. The lowest BCUT2D eigenvalue weighted by Gasteiger charge is -2.43. The van der Waals surface area contributed by atoms with Crippen molar-refractivity contribution >= 4 is 11.6 Å². The predicted molar refractivity (Wildman–Crippen MR) is 117 cm³/mol. The van der Waals surface area contributed by atoms with E-state index in [2.05, 4.69) is 15.1 Å². The Balaban J connectivity index is 1.11. The molecule has 31 heavy (non-hydrogen) atoms. The number of amides is 1. The standard InChI is InChI=1S/C24H31N3O4/c28-22-16-27(18-7-10-26(11-8-18)15-20-2-1-13-30-20)12-9-23(22)31-19-4-5-21-17(14-19)3-6-24(29)25-21/h1-2,4-5,13-14,18,22-23,28H,3,6-12,15-16H2,(H,25,29)/t22-,23-/m1/s1. The quantitative estimate of drug-likeness (QED) is 0.767. The number of aliphatic hydroxyl groups is 1. The van der Waals surface area contributed by atoms with Crippen molar-refractivity contribution in [3.63, 3.8) is 0 Å². The van der Waals surface area contributed by atoms with Crippen LogP contribution in [-0.2, 0) is 17.8 Å². The van der Waals surface area contributed by atoms with Gasteiger partial charge in [0.1, 0.15) is 23.7 Å². The van der Waals surface area contributed by atoms with Crippen molar-refractivity contribution in [2.24, 2.45) is 0 Å². The van der Waals surface area contributed by atoms with Crippen molar-refractivity contribution in [3.8, 4) is 5.75 Å². The summed E-state index contributed by atoms with van der Waals surface area (Å²) in [6, 6.07) is 10.3. The summed E-state index contributed by atoms with van der Waals surface area (Å²) in [5.41, 5.74) is 1.97. The number of hydrogen-bond acceptors (Lipinski definition) is 6. The molecule has 2 atom stereocenters. The van der Waals surface area contributed by atoms with Crippen LogP contribution < -0.4 is 10.1 Å². The van der Waals surface area contributed by atoms with E-state index in [0.717, 1.165) is 74.6 Å². The van der Waals surface area contributed by atoms with Crippen LogP contribution in [0.4, 0.5) is 5.69 Å². The monoisotopic (exact) mass is 425 g/mol. The third-order valence-electron chi connectivity index (χ3n) is 6.84. The van der Waals surface area contributed by atoms with Crippen molar-refractivity contribution in [1.29, 1.82) is 0 Å². The fraction of sp³-hybridized carbons (Fsp3) is 0.542. The maximum atomic E-state index is 11.5. The highest BCUT2D eigenvalue weighted by Crippen LogP contribution is 2.29. The molecule has 0 aliphatic carbocycles. The summed E-state index contributed by atoms with van der Waals surface area (Å²) in [5.74, 6) is 1.87. The van der Waals surface area contributed by atoms with Gasteiger partial charge in [-0.15, -0.1) is 0 Å². The van der Waals surface area contributed by atoms with Crippen LogP contribution in [0, 0.1) is 0 Å². The number of rotatable bonds is 5. The van der Waals surface area contributed by atoms with E-state index < -0.39 is 6.10 Å². The maximum Gasteiger partial charge on any atom is 0.224 e. The lowest BCUT2D eigenvalue weighted by Crippen LogP contribution is -2.54. The van der Waals surface area contributed by atoms with Gasteiger partial charge in [0.2, 0.25) is 5.91 Å². The molecule has 2 N–H and O–H groups in total. The number of aliphatic hydroxyl groups excluding tert-OH is 1. The zero-order valence-corrected chi connectivity index (χ0v) is 17.8. The van der Waals surface area contributed by atoms with Gasteiger partial charge in [0.15, 0.2) is 0 Å². The Morgan fingerprint density at radius 3 is 2.77 bits per heavy atom. The normalized spacial score (nSPS) is 25.8. The highest BCUT2D eigenvalue weighted by atomic mass is 16.5. The van der Waals surface area contributed by atoms with Crippen LogP contribution in [-0.4, -0.2) is 65.2 Å². The van der Waals surface area contributed by atoms with Gasteiger partial charge in [0.05, 0.1) is 12.8 Å². The molecule has 1 aromatic heterocycles. The third kappa shape index (κ3) is 4.79. The van der Waals surface area contributed by atoms with E-state index in [1.54, 1.807) is 6.26 Å². The molecule has 3 aliphatic rings. The molecule has 2 aromatic rings. The molecule has 0 saturated carbocycles. The minimum Gasteiger partial charge on any atom is -0.488 e. The number of anilines is 1. The van der Waals surface area contributed by atoms with Gasteiger partial charge < -0.3 is 19.6 Å². The Kier molecular flexibility index (Phi) is 5.98. The van der Waals surface area contributed by atoms with Crippen molar-refractivity contribution in [2.45, 2.75) is 56.9 Å². The Hall–Kier alpha value is -2.35. The fourth-order valence-corrected chi connectivity index (χ4v) is 5.08. The van der Waals surface area contributed by atoms with Gasteiger partial charge in [0, 0.05) is 44.3 Å². The molecular formula is C24H31N3O4. The zero-order valence-electron chi connectivity index (χ0n) is 17.8. The number of nitrogens with zero attached hydrogens (tertiary/aromatic N) is 2. The molecule has 1 aromatic carbocycles. The van der Waals surface area contributed by atoms with E-state index in [4.69, 9.17) is 9.15 Å². The summed E-state index contributed by atoms with van der Waals surface area (Å²) in [5, 5.41) is 13.7. The van der Waals surface area contributed by atoms with Crippen molar-refractivity contribution < 1.29 is 19.1 Å². The van der Waals surface area contributed by atoms with Crippen LogP contribution in [0.25, 0.3) is 0 Å². The van der Waals surface area contributed by atoms with E-state index in [9.17, 15) is 9.90 Å². The van der Waals surface area contributed by atoms with Gasteiger partial charge in [-0.3, -0.25) is 14.6 Å². The van der Waals surface area contributed by atoms with Gasteiger partial charge in [-0.05, 0) is 61.6 Å². The molecule has 3 aliphatic heterocycles. The average Bonchev–Trinajstić information content (AvgIpc) is 3.29. The summed E-state index contributed by atoms with van der Waals surface area (Å²) < 4.78 is 11.6. The number of ether oxygens (including phenoxy) is 1. The summed E-state index contributed by atoms with van der Waals surface area (Å²) in [4.78, 5) is 16.4. The van der Waals surface area contributed by atoms with E-state index in [1.165, 1.54) is 0 Å². The van der Waals surface area contributed by atoms with Gasteiger partial charge in [-0.2, -0.15) is 0 Å². The van der Waals surface area contributed by atoms with Crippen molar-refractivity contribution in [1.82, 2.24) is 9.80 Å². The van der Waals surface area contributed by atoms with E-state index in [-0.39, 0.29) is 12.0 Å². The molecule has 5 rings (SSSR count). The lowest BCUT2D eigenvalue weighted by atomic mass is 9.97. The summed E-state index contributed by atoms with van der Waals surface area (Å²) in [6.45, 7) is 4.61. The Bertz CT molecular complexity index is 892. The zero-order chi connectivity index (χ0) is 21.2. The molecule has 2 fully saturated rings. The van der Waals surface area contributed by atoms with Gasteiger partial charge >= 0.3 is 0 Å². The molecule has 7 heteroatoms. The summed E-state index contributed by atoms with van der Waals surface area (Å²) in [7, 11) is 0. The average molecular weight is 426 g/mol. The third-order valence-corrected chi connectivity index (χ3v) is 6.84. The molecule has 1 amide bonds. The second-order valence-corrected chi connectivity index (χ2v) is 8.96. The number of nitrogens with one attached hydrogen (secondary N) is 1. The first-order valence-corrected chi connectivity index (χ1v) is 11.4. The number of aryl methyl sites for hydroxylation is 1. The summed E-state index contributed by atoms with van der Waals surface area (Å²) >= 11 is 0. The Labute approximate surface area is 183 Å². The molecule has 0 spiro atoms. The lowest BCUT2D eigenvalue weighted by molar-refractivity contribution is -0.116. The fourth-order valence-electron chi connectivity index (χ4n) is 5.08. The SMILES string of the molecule is O=C1CCc2cc(O[C@@H]3CCN(C4CCN(Cc5ccco5)CC4)C[C@H]3O)ccc2N1. The molecule has 0 bridgehead atoms. The van der Waals surface area contributed by atoms with Crippen LogP contribution >= 0.6 is 0 Å². The number of benzene rings is 1. The minimum atomic E-state index is -0.495. The number of carbonyl (C=O) groups excluding carboxylic acids is 1. The van der Waals surface area contributed by atoms with E-state index in [1.807, 2.05) is 30.3 Å². The van der Waals surface area contributed by atoms with Gasteiger partial charge in [0.25, 0.3) is 0 Å². The molecule has 0 radical (unpaired) electrons. The minimum absolute atomic E-state index is 0.0655. The molecule has 166 valence electrons. The number of furan rings is 1. The second-order valence-electron chi connectivity index (χ2n) is 8.96. The van der Waals surface area contributed by atoms with Gasteiger partial charge in [-0.1, -0.05) is 0 Å².